The second kappa shape index (κ2) is 5.89. The Balaban J connectivity index is 1.75. The van der Waals surface area contributed by atoms with Gasteiger partial charge in [-0.3, -0.25) is 0 Å². The maximum atomic E-state index is 5.43. The first kappa shape index (κ1) is 12.9. The Bertz CT molecular complexity index is 495. The summed E-state index contributed by atoms with van der Waals surface area (Å²) in [5, 5.41) is 4.40. The van der Waals surface area contributed by atoms with Crippen LogP contribution in [0.15, 0.2) is 41.1 Å². The molecule has 0 saturated carbocycles. The predicted molar refractivity (Wildman–Crippen MR) is 81.1 cm³/mol. The fourth-order valence-electron chi connectivity index (χ4n) is 2.80. The fraction of sp³-hybridized carbons (Fsp3) is 0.412. The molecule has 19 heavy (non-hydrogen) atoms. The molecule has 100 valence electrons. The summed E-state index contributed by atoms with van der Waals surface area (Å²) in [4.78, 5) is 0. The van der Waals surface area contributed by atoms with Crippen molar-refractivity contribution in [2.24, 2.45) is 0 Å². The van der Waals surface area contributed by atoms with Gasteiger partial charge in [-0.25, -0.2) is 0 Å². The van der Waals surface area contributed by atoms with Crippen LogP contribution in [0.4, 0.5) is 0 Å². The minimum Gasteiger partial charge on any atom is -0.381 e. The van der Waals surface area contributed by atoms with Crippen molar-refractivity contribution >= 4 is 11.3 Å². The first-order valence-electron chi connectivity index (χ1n) is 7.04. The molecular formula is C17H20OS. The lowest BCUT2D eigenvalue weighted by Crippen LogP contribution is -2.14. The molecule has 3 rings (SSSR count). The van der Waals surface area contributed by atoms with E-state index in [1.165, 1.54) is 29.5 Å². The summed E-state index contributed by atoms with van der Waals surface area (Å²) < 4.78 is 5.43. The first-order chi connectivity index (χ1) is 9.34. The monoisotopic (exact) mass is 272 g/mol. The van der Waals surface area contributed by atoms with Gasteiger partial charge in [-0.05, 0) is 52.3 Å². The van der Waals surface area contributed by atoms with Gasteiger partial charge in [0.1, 0.15) is 0 Å². The van der Waals surface area contributed by atoms with E-state index in [4.69, 9.17) is 4.74 Å². The van der Waals surface area contributed by atoms with Gasteiger partial charge in [-0.15, -0.1) is 0 Å². The first-order valence-corrected chi connectivity index (χ1v) is 7.98. The highest BCUT2D eigenvalue weighted by atomic mass is 32.1. The number of hydrogen-bond acceptors (Lipinski definition) is 2. The number of rotatable bonds is 3. The zero-order chi connectivity index (χ0) is 13.1. The lowest BCUT2D eigenvalue weighted by Gasteiger charge is -2.23. The van der Waals surface area contributed by atoms with Gasteiger partial charge >= 0.3 is 0 Å². The molecule has 1 aliphatic rings. The summed E-state index contributed by atoms with van der Waals surface area (Å²) in [5.41, 5.74) is 4.31. The van der Waals surface area contributed by atoms with Gasteiger partial charge in [0.15, 0.2) is 0 Å². The molecule has 2 heteroatoms. The molecule has 0 aliphatic carbocycles. The van der Waals surface area contributed by atoms with E-state index in [0.29, 0.717) is 11.8 Å². The van der Waals surface area contributed by atoms with E-state index in [1.807, 2.05) is 0 Å². The van der Waals surface area contributed by atoms with Crippen molar-refractivity contribution in [1.82, 2.24) is 0 Å². The van der Waals surface area contributed by atoms with Crippen molar-refractivity contribution in [3.05, 3.63) is 57.8 Å². The summed E-state index contributed by atoms with van der Waals surface area (Å²) in [6.07, 6.45) is 2.33. The molecular weight excluding hydrogens is 252 g/mol. The van der Waals surface area contributed by atoms with Gasteiger partial charge in [0, 0.05) is 19.1 Å². The van der Waals surface area contributed by atoms with E-state index in [-0.39, 0.29) is 0 Å². The van der Waals surface area contributed by atoms with E-state index in [9.17, 15) is 0 Å². The minimum atomic E-state index is 0.495. The van der Waals surface area contributed by atoms with E-state index >= 15 is 0 Å². The van der Waals surface area contributed by atoms with Crippen LogP contribution in [0.2, 0.25) is 0 Å². The van der Waals surface area contributed by atoms with Gasteiger partial charge in [0.2, 0.25) is 0 Å². The number of ether oxygens (including phenoxy) is 1. The predicted octanol–water partition coefficient (Wildman–Crippen LogP) is 4.79. The van der Waals surface area contributed by atoms with Crippen LogP contribution in [0.5, 0.6) is 0 Å². The standard InChI is InChI=1S/C17H20OS/c1-13(17-8-11-19-12-17)14-2-4-15(5-3-14)16-6-9-18-10-7-16/h2-5,8,11-13,16H,6-7,9-10H2,1H3. The van der Waals surface area contributed by atoms with Crippen LogP contribution in [-0.2, 0) is 4.74 Å². The van der Waals surface area contributed by atoms with Crippen LogP contribution in [0.1, 0.15) is 48.3 Å². The summed E-state index contributed by atoms with van der Waals surface area (Å²) in [6, 6.07) is 11.4. The fourth-order valence-corrected chi connectivity index (χ4v) is 3.56. The van der Waals surface area contributed by atoms with E-state index < -0.39 is 0 Å². The molecule has 1 nitrogen and oxygen atoms in total. The number of thiophene rings is 1. The highest BCUT2D eigenvalue weighted by Gasteiger charge is 2.16. The Hall–Kier alpha value is -1.12. The Kier molecular flexibility index (Phi) is 4.00. The van der Waals surface area contributed by atoms with E-state index in [0.717, 1.165) is 13.2 Å². The summed E-state index contributed by atoms with van der Waals surface area (Å²) in [5.74, 6) is 1.19. The molecule has 0 bridgehead atoms. The SMILES string of the molecule is CC(c1ccc(C2CCOCC2)cc1)c1ccsc1. The molecule has 0 radical (unpaired) electrons. The molecule has 1 aromatic carbocycles. The number of hydrogen-bond donors (Lipinski definition) is 0. The van der Waals surface area contributed by atoms with E-state index in [2.05, 4.69) is 48.0 Å². The number of benzene rings is 1. The second-order valence-electron chi connectivity index (χ2n) is 5.33. The van der Waals surface area contributed by atoms with Crippen molar-refractivity contribution in [2.75, 3.05) is 13.2 Å². The Morgan fingerprint density at radius 3 is 2.42 bits per heavy atom. The molecule has 1 atom stereocenters. The second-order valence-corrected chi connectivity index (χ2v) is 6.11. The summed E-state index contributed by atoms with van der Waals surface area (Å²) in [6.45, 7) is 4.11. The molecule has 1 aromatic heterocycles. The van der Waals surface area contributed by atoms with Gasteiger partial charge in [0.05, 0.1) is 0 Å². The Labute approximate surface area is 119 Å². The molecule has 1 fully saturated rings. The normalized spacial score (nSPS) is 18.4. The van der Waals surface area contributed by atoms with E-state index in [1.54, 1.807) is 11.3 Å². The molecule has 0 N–H and O–H groups in total. The van der Waals surface area contributed by atoms with Crippen molar-refractivity contribution in [2.45, 2.75) is 31.6 Å². The van der Waals surface area contributed by atoms with Gasteiger partial charge in [-0.2, -0.15) is 11.3 Å². The quantitative estimate of drug-likeness (QED) is 0.780. The average molecular weight is 272 g/mol. The highest BCUT2D eigenvalue weighted by Crippen LogP contribution is 2.30. The van der Waals surface area contributed by atoms with Crippen LogP contribution >= 0.6 is 11.3 Å². The third-order valence-electron chi connectivity index (χ3n) is 4.17. The van der Waals surface area contributed by atoms with Crippen LogP contribution in [0.3, 0.4) is 0 Å². The maximum Gasteiger partial charge on any atom is 0.0471 e. The molecule has 0 amide bonds. The molecule has 1 aliphatic heterocycles. The zero-order valence-corrected chi connectivity index (χ0v) is 12.2. The molecule has 2 heterocycles. The maximum absolute atomic E-state index is 5.43. The highest BCUT2D eigenvalue weighted by molar-refractivity contribution is 7.08. The third-order valence-corrected chi connectivity index (χ3v) is 4.87. The minimum absolute atomic E-state index is 0.495. The van der Waals surface area contributed by atoms with Gasteiger partial charge in [-0.1, -0.05) is 31.2 Å². The lowest BCUT2D eigenvalue weighted by molar-refractivity contribution is 0.0853. The molecule has 1 saturated heterocycles. The van der Waals surface area contributed by atoms with Crippen LogP contribution in [0.25, 0.3) is 0 Å². The van der Waals surface area contributed by atoms with Crippen LogP contribution in [0, 0.1) is 0 Å². The topological polar surface area (TPSA) is 9.23 Å². The average Bonchev–Trinajstić information content (AvgIpc) is 3.02. The molecule has 0 spiro atoms. The summed E-state index contributed by atoms with van der Waals surface area (Å²) in [7, 11) is 0. The lowest BCUT2D eigenvalue weighted by atomic mass is 9.88. The molecule has 2 aromatic rings. The largest absolute Gasteiger partial charge is 0.381 e. The Morgan fingerprint density at radius 2 is 1.79 bits per heavy atom. The van der Waals surface area contributed by atoms with Gasteiger partial charge < -0.3 is 4.74 Å². The van der Waals surface area contributed by atoms with Crippen LogP contribution in [-0.4, -0.2) is 13.2 Å². The third kappa shape index (κ3) is 2.90. The summed E-state index contributed by atoms with van der Waals surface area (Å²) >= 11 is 1.77. The van der Waals surface area contributed by atoms with Crippen LogP contribution < -0.4 is 0 Å². The smallest absolute Gasteiger partial charge is 0.0471 e. The van der Waals surface area contributed by atoms with Crippen molar-refractivity contribution in [1.29, 1.82) is 0 Å². The zero-order valence-electron chi connectivity index (χ0n) is 11.3. The molecule has 1 unspecified atom stereocenters. The van der Waals surface area contributed by atoms with Crippen molar-refractivity contribution in [3.8, 4) is 0 Å². The van der Waals surface area contributed by atoms with Crippen molar-refractivity contribution in [3.63, 3.8) is 0 Å². The van der Waals surface area contributed by atoms with Gasteiger partial charge in [0.25, 0.3) is 0 Å². The van der Waals surface area contributed by atoms with Crippen molar-refractivity contribution < 1.29 is 4.74 Å². The Morgan fingerprint density at radius 1 is 1.05 bits per heavy atom.